The van der Waals surface area contributed by atoms with E-state index in [1.54, 1.807) is 12.1 Å². The maximum atomic E-state index is 13.4. The van der Waals surface area contributed by atoms with Crippen molar-refractivity contribution in [2.24, 2.45) is 0 Å². The van der Waals surface area contributed by atoms with Gasteiger partial charge in [-0.15, -0.1) is 0 Å². The quantitative estimate of drug-likeness (QED) is 0.907. The van der Waals surface area contributed by atoms with Crippen LogP contribution in [0.5, 0.6) is 0 Å². The van der Waals surface area contributed by atoms with E-state index in [9.17, 15) is 9.18 Å². The van der Waals surface area contributed by atoms with Crippen molar-refractivity contribution in [1.29, 1.82) is 0 Å². The minimum atomic E-state index is -0.217. The van der Waals surface area contributed by atoms with Gasteiger partial charge in [-0.05, 0) is 50.3 Å². The summed E-state index contributed by atoms with van der Waals surface area (Å²) in [5.74, 6) is -0.114. The minimum Gasteiger partial charge on any atom is -0.378 e. The summed E-state index contributed by atoms with van der Waals surface area (Å²) in [5, 5.41) is 3.13. The maximum Gasteiger partial charge on any atom is 0.220 e. The standard InChI is InChI=1S/C18H25FN2O2/c19-14-4-1-6-16(12-14)21-10-2-5-15(13-21)20-18(22)9-8-17-7-3-11-23-17/h1,4,6,12,15,17H,2-3,5,7-11,13H2,(H,20,22)/t15-,17-/m1/s1. The lowest BCUT2D eigenvalue weighted by Crippen LogP contribution is -2.47. The number of hydrogen-bond donors (Lipinski definition) is 1. The van der Waals surface area contributed by atoms with Crippen molar-refractivity contribution >= 4 is 11.6 Å². The summed E-state index contributed by atoms with van der Waals surface area (Å²) in [5.41, 5.74) is 0.892. The first-order valence-electron chi connectivity index (χ1n) is 8.62. The number of hydrogen-bond acceptors (Lipinski definition) is 3. The number of halogens is 1. The van der Waals surface area contributed by atoms with E-state index in [-0.39, 0.29) is 23.9 Å². The summed E-state index contributed by atoms with van der Waals surface area (Å²) in [6.45, 7) is 2.48. The van der Waals surface area contributed by atoms with Crippen LogP contribution in [0.3, 0.4) is 0 Å². The molecule has 4 nitrogen and oxygen atoms in total. The molecule has 2 heterocycles. The van der Waals surface area contributed by atoms with E-state index in [4.69, 9.17) is 4.74 Å². The average Bonchev–Trinajstić information content (AvgIpc) is 3.07. The van der Waals surface area contributed by atoms with E-state index in [0.717, 1.165) is 57.5 Å². The Labute approximate surface area is 137 Å². The van der Waals surface area contributed by atoms with Crippen molar-refractivity contribution < 1.29 is 13.9 Å². The van der Waals surface area contributed by atoms with Crippen LogP contribution in [0.25, 0.3) is 0 Å². The third kappa shape index (κ3) is 4.67. The highest BCUT2D eigenvalue weighted by Crippen LogP contribution is 2.21. The molecule has 0 radical (unpaired) electrons. The second-order valence-corrected chi connectivity index (χ2v) is 6.51. The molecule has 3 rings (SSSR count). The third-order valence-corrected chi connectivity index (χ3v) is 4.68. The molecule has 2 fully saturated rings. The predicted molar refractivity (Wildman–Crippen MR) is 88.0 cm³/mol. The van der Waals surface area contributed by atoms with Gasteiger partial charge in [-0.2, -0.15) is 0 Å². The molecule has 2 saturated heterocycles. The average molecular weight is 320 g/mol. The highest BCUT2D eigenvalue weighted by Gasteiger charge is 2.23. The molecule has 0 saturated carbocycles. The Morgan fingerprint density at radius 1 is 1.35 bits per heavy atom. The molecule has 2 atom stereocenters. The summed E-state index contributed by atoms with van der Waals surface area (Å²) in [6.07, 6.45) is 5.77. The van der Waals surface area contributed by atoms with Gasteiger partial charge in [0.25, 0.3) is 0 Å². The molecule has 0 spiro atoms. The van der Waals surface area contributed by atoms with Crippen molar-refractivity contribution in [2.75, 3.05) is 24.6 Å². The zero-order valence-corrected chi connectivity index (χ0v) is 13.5. The van der Waals surface area contributed by atoms with Crippen molar-refractivity contribution in [2.45, 2.75) is 50.7 Å². The minimum absolute atomic E-state index is 0.103. The molecule has 2 aliphatic heterocycles. The van der Waals surface area contributed by atoms with Gasteiger partial charge in [0.1, 0.15) is 5.82 Å². The first-order chi connectivity index (χ1) is 11.2. The zero-order chi connectivity index (χ0) is 16.1. The van der Waals surface area contributed by atoms with Crippen molar-refractivity contribution in [1.82, 2.24) is 5.32 Å². The Morgan fingerprint density at radius 3 is 3.04 bits per heavy atom. The van der Waals surface area contributed by atoms with Crippen LogP contribution < -0.4 is 10.2 Å². The fourth-order valence-electron chi connectivity index (χ4n) is 3.47. The smallest absolute Gasteiger partial charge is 0.220 e. The summed E-state index contributed by atoms with van der Waals surface area (Å²) in [4.78, 5) is 14.3. The number of carbonyl (C=O) groups is 1. The van der Waals surface area contributed by atoms with Crippen LogP contribution in [0, 0.1) is 5.82 Å². The Hall–Kier alpha value is -1.62. The fourth-order valence-corrected chi connectivity index (χ4v) is 3.47. The maximum absolute atomic E-state index is 13.4. The molecule has 0 aromatic heterocycles. The lowest BCUT2D eigenvalue weighted by Gasteiger charge is -2.34. The number of ether oxygens (including phenoxy) is 1. The number of piperidine rings is 1. The SMILES string of the molecule is O=C(CC[C@H]1CCCO1)N[C@@H]1CCCN(c2cccc(F)c2)C1. The molecule has 1 amide bonds. The molecule has 0 aliphatic carbocycles. The summed E-state index contributed by atoms with van der Waals surface area (Å²) in [6, 6.07) is 6.81. The van der Waals surface area contributed by atoms with Gasteiger partial charge in [-0.3, -0.25) is 4.79 Å². The summed E-state index contributed by atoms with van der Waals surface area (Å²) in [7, 11) is 0. The highest BCUT2D eigenvalue weighted by atomic mass is 19.1. The normalized spacial score (nSPS) is 24.7. The molecule has 0 bridgehead atoms. The monoisotopic (exact) mass is 320 g/mol. The molecule has 5 heteroatoms. The summed E-state index contributed by atoms with van der Waals surface area (Å²) < 4.78 is 18.9. The lowest BCUT2D eigenvalue weighted by atomic mass is 10.0. The van der Waals surface area contributed by atoms with Crippen LogP contribution in [0.2, 0.25) is 0 Å². The number of carbonyl (C=O) groups excluding carboxylic acids is 1. The van der Waals surface area contributed by atoms with Crippen LogP contribution in [0.15, 0.2) is 24.3 Å². The Kier molecular flexibility index (Phi) is 5.49. The highest BCUT2D eigenvalue weighted by molar-refractivity contribution is 5.76. The van der Waals surface area contributed by atoms with Crippen molar-refractivity contribution in [3.63, 3.8) is 0 Å². The van der Waals surface area contributed by atoms with Crippen LogP contribution in [0.4, 0.5) is 10.1 Å². The van der Waals surface area contributed by atoms with Crippen LogP contribution in [0.1, 0.15) is 38.5 Å². The lowest BCUT2D eigenvalue weighted by molar-refractivity contribution is -0.122. The first-order valence-corrected chi connectivity index (χ1v) is 8.62. The van der Waals surface area contributed by atoms with Crippen LogP contribution in [-0.2, 0) is 9.53 Å². The fraction of sp³-hybridized carbons (Fsp3) is 0.611. The molecular formula is C18H25FN2O2. The van der Waals surface area contributed by atoms with Gasteiger partial charge in [0.05, 0.1) is 6.10 Å². The summed E-state index contributed by atoms with van der Waals surface area (Å²) >= 11 is 0. The zero-order valence-electron chi connectivity index (χ0n) is 13.5. The number of nitrogens with zero attached hydrogens (tertiary/aromatic N) is 1. The molecular weight excluding hydrogens is 295 g/mol. The molecule has 1 aromatic carbocycles. The number of anilines is 1. The van der Waals surface area contributed by atoms with Gasteiger partial charge in [-0.1, -0.05) is 6.07 Å². The molecule has 1 aromatic rings. The van der Waals surface area contributed by atoms with E-state index in [1.165, 1.54) is 6.07 Å². The second-order valence-electron chi connectivity index (χ2n) is 6.51. The first kappa shape index (κ1) is 16.2. The topological polar surface area (TPSA) is 41.6 Å². The molecule has 1 N–H and O–H groups in total. The third-order valence-electron chi connectivity index (χ3n) is 4.68. The number of rotatable bonds is 5. The molecule has 2 aliphatic rings. The Morgan fingerprint density at radius 2 is 2.26 bits per heavy atom. The van der Waals surface area contributed by atoms with Crippen LogP contribution >= 0.6 is 0 Å². The van der Waals surface area contributed by atoms with Gasteiger partial charge in [0, 0.05) is 37.8 Å². The van der Waals surface area contributed by atoms with Crippen molar-refractivity contribution in [3.8, 4) is 0 Å². The van der Waals surface area contributed by atoms with Gasteiger partial charge >= 0.3 is 0 Å². The van der Waals surface area contributed by atoms with Gasteiger partial charge < -0.3 is 15.0 Å². The van der Waals surface area contributed by atoms with E-state index in [0.29, 0.717) is 6.42 Å². The van der Waals surface area contributed by atoms with E-state index in [2.05, 4.69) is 10.2 Å². The number of benzene rings is 1. The van der Waals surface area contributed by atoms with Gasteiger partial charge in [0.15, 0.2) is 0 Å². The molecule has 0 unspecified atom stereocenters. The second kappa shape index (κ2) is 7.77. The Balaban J connectivity index is 1.47. The van der Waals surface area contributed by atoms with E-state index in [1.807, 2.05) is 6.07 Å². The molecule has 23 heavy (non-hydrogen) atoms. The van der Waals surface area contributed by atoms with Gasteiger partial charge in [0.2, 0.25) is 5.91 Å². The number of amides is 1. The largest absolute Gasteiger partial charge is 0.378 e. The van der Waals surface area contributed by atoms with Gasteiger partial charge in [-0.25, -0.2) is 4.39 Å². The van der Waals surface area contributed by atoms with Crippen LogP contribution in [-0.4, -0.2) is 37.7 Å². The Bertz CT molecular complexity index is 532. The predicted octanol–water partition coefficient (Wildman–Crippen LogP) is 2.87. The van der Waals surface area contributed by atoms with E-state index >= 15 is 0 Å². The number of nitrogens with one attached hydrogen (secondary N) is 1. The van der Waals surface area contributed by atoms with Crippen molar-refractivity contribution in [3.05, 3.63) is 30.1 Å². The van der Waals surface area contributed by atoms with E-state index < -0.39 is 0 Å². The molecule has 126 valence electrons.